The standard InChI is InChI=1S/C17H24FN3O/c1-2-21-16-8-7-13(18)11-15(16)19-17(21)12-20-9-3-5-14(20)6-4-10-22/h7-8,11,14,22H,2-6,9-10,12H2,1H3. The second kappa shape index (κ2) is 6.75. The van der Waals surface area contributed by atoms with Crippen molar-refractivity contribution in [3.63, 3.8) is 0 Å². The number of benzene rings is 1. The number of aromatic nitrogens is 2. The molecule has 120 valence electrons. The van der Waals surface area contributed by atoms with Crippen LogP contribution in [-0.4, -0.2) is 38.8 Å². The van der Waals surface area contributed by atoms with Crippen LogP contribution in [0.3, 0.4) is 0 Å². The van der Waals surface area contributed by atoms with E-state index in [9.17, 15) is 4.39 Å². The van der Waals surface area contributed by atoms with Crippen LogP contribution in [0.1, 0.15) is 38.4 Å². The van der Waals surface area contributed by atoms with E-state index in [-0.39, 0.29) is 12.4 Å². The lowest BCUT2D eigenvalue weighted by Crippen LogP contribution is -2.30. The van der Waals surface area contributed by atoms with Gasteiger partial charge in [-0.1, -0.05) is 0 Å². The molecular weight excluding hydrogens is 281 g/mol. The molecule has 1 atom stereocenters. The average Bonchev–Trinajstić information content (AvgIpc) is 3.08. The first-order chi connectivity index (χ1) is 10.7. The Labute approximate surface area is 130 Å². The predicted octanol–water partition coefficient (Wildman–Crippen LogP) is 2.93. The summed E-state index contributed by atoms with van der Waals surface area (Å²) < 4.78 is 15.6. The molecule has 3 rings (SSSR count). The number of rotatable bonds is 6. The molecule has 4 nitrogen and oxygen atoms in total. The van der Waals surface area contributed by atoms with E-state index in [2.05, 4.69) is 21.4 Å². The molecule has 1 aliphatic rings. The summed E-state index contributed by atoms with van der Waals surface area (Å²) in [5.74, 6) is 0.779. The fraction of sp³-hybridized carbons (Fsp3) is 0.588. The van der Waals surface area contributed by atoms with Crippen LogP contribution < -0.4 is 0 Å². The molecular formula is C17H24FN3O. The van der Waals surface area contributed by atoms with E-state index >= 15 is 0 Å². The molecule has 1 N–H and O–H groups in total. The van der Waals surface area contributed by atoms with E-state index in [1.165, 1.54) is 25.0 Å². The number of halogens is 1. The van der Waals surface area contributed by atoms with E-state index in [0.29, 0.717) is 6.04 Å². The first-order valence-electron chi connectivity index (χ1n) is 8.22. The highest BCUT2D eigenvalue weighted by molar-refractivity contribution is 5.76. The molecule has 1 aromatic heterocycles. The smallest absolute Gasteiger partial charge is 0.125 e. The van der Waals surface area contributed by atoms with Crippen molar-refractivity contribution in [3.05, 3.63) is 29.8 Å². The lowest BCUT2D eigenvalue weighted by Gasteiger charge is -2.24. The van der Waals surface area contributed by atoms with Crippen molar-refractivity contribution in [2.75, 3.05) is 13.2 Å². The summed E-state index contributed by atoms with van der Waals surface area (Å²) in [6, 6.07) is 5.37. The van der Waals surface area contributed by atoms with Gasteiger partial charge in [0.1, 0.15) is 11.6 Å². The monoisotopic (exact) mass is 305 g/mol. The minimum atomic E-state index is -0.234. The van der Waals surface area contributed by atoms with Crippen LogP contribution in [-0.2, 0) is 13.1 Å². The van der Waals surface area contributed by atoms with Crippen molar-refractivity contribution >= 4 is 11.0 Å². The average molecular weight is 305 g/mol. The fourth-order valence-corrected chi connectivity index (χ4v) is 3.57. The molecule has 2 heterocycles. The third-order valence-electron chi connectivity index (χ3n) is 4.64. The van der Waals surface area contributed by atoms with E-state index in [0.717, 1.165) is 49.3 Å². The SMILES string of the molecule is CCn1c(CN2CCCC2CCCO)nc2cc(F)ccc21. The molecule has 0 spiro atoms. The Bertz CT molecular complexity index is 640. The first kappa shape index (κ1) is 15.4. The topological polar surface area (TPSA) is 41.3 Å². The summed E-state index contributed by atoms with van der Waals surface area (Å²) in [6.45, 7) is 5.09. The van der Waals surface area contributed by atoms with E-state index < -0.39 is 0 Å². The van der Waals surface area contributed by atoms with Crippen LogP contribution in [0, 0.1) is 5.82 Å². The molecule has 1 saturated heterocycles. The zero-order chi connectivity index (χ0) is 15.5. The highest BCUT2D eigenvalue weighted by Crippen LogP contribution is 2.25. The van der Waals surface area contributed by atoms with Gasteiger partial charge < -0.3 is 9.67 Å². The van der Waals surface area contributed by atoms with Crippen molar-refractivity contribution < 1.29 is 9.50 Å². The minimum absolute atomic E-state index is 0.234. The zero-order valence-corrected chi connectivity index (χ0v) is 13.1. The molecule has 1 aromatic carbocycles. The number of imidazole rings is 1. The number of aliphatic hydroxyl groups is 1. The van der Waals surface area contributed by atoms with Crippen molar-refractivity contribution in [3.8, 4) is 0 Å². The van der Waals surface area contributed by atoms with Crippen LogP contribution in [0.25, 0.3) is 11.0 Å². The lowest BCUT2D eigenvalue weighted by molar-refractivity contribution is 0.205. The number of aryl methyl sites for hydroxylation is 1. The summed E-state index contributed by atoms with van der Waals surface area (Å²) >= 11 is 0. The Morgan fingerprint density at radius 3 is 3.05 bits per heavy atom. The maximum absolute atomic E-state index is 13.4. The van der Waals surface area contributed by atoms with Gasteiger partial charge in [0.25, 0.3) is 0 Å². The molecule has 1 aliphatic heterocycles. The van der Waals surface area contributed by atoms with Gasteiger partial charge in [-0.15, -0.1) is 0 Å². The van der Waals surface area contributed by atoms with Gasteiger partial charge >= 0.3 is 0 Å². The summed E-state index contributed by atoms with van der Waals surface area (Å²) in [6.07, 6.45) is 4.30. The third kappa shape index (κ3) is 3.01. The first-order valence-corrected chi connectivity index (χ1v) is 8.22. The highest BCUT2D eigenvalue weighted by atomic mass is 19.1. The maximum atomic E-state index is 13.4. The molecule has 5 heteroatoms. The van der Waals surface area contributed by atoms with Gasteiger partial charge in [0, 0.05) is 25.3 Å². The van der Waals surface area contributed by atoms with Crippen molar-refractivity contribution in [2.24, 2.45) is 0 Å². The van der Waals surface area contributed by atoms with Crippen LogP contribution in [0.2, 0.25) is 0 Å². The van der Waals surface area contributed by atoms with Gasteiger partial charge in [-0.3, -0.25) is 4.90 Å². The molecule has 1 fully saturated rings. The predicted molar refractivity (Wildman–Crippen MR) is 85.1 cm³/mol. The molecule has 0 saturated carbocycles. The largest absolute Gasteiger partial charge is 0.396 e. The second-order valence-corrected chi connectivity index (χ2v) is 6.04. The molecule has 2 aromatic rings. The number of hydrogen-bond acceptors (Lipinski definition) is 3. The Morgan fingerprint density at radius 1 is 1.41 bits per heavy atom. The summed E-state index contributed by atoms with van der Waals surface area (Å²) in [7, 11) is 0. The van der Waals surface area contributed by atoms with Gasteiger partial charge in [-0.25, -0.2) is 9.37 Å². The molecule has 0 bridgehead atoms. The van der Waals surface area contributed by atoms with Gasteiger partial charge in [0.05, 0.1) is 17.6 Å². The van der Waals surface area contributed by atoms with Crippen LogP contribution in [0.4, 0.5) is 4.39 Å². The van der Waals surface area contributed by atoms with E-state index in [1.807, 2.05) is 6.07 Å². The Kier molecular flexibility index (Phi) is 4.74. The third-order valence-corrected chi connectivity index (χ3v) is 4.64. The number of likely N-dealkylation sites (tertiary alicyclic amines) is 1. The Balaban J connectivity index is 1.83. The van der Waals surface area contributed by atoms with Crippen LogP contribution in [0.15, 0.2) is 18.2 Å². The van der Waals surface area contributed by atoms with Gasteiger partial charge in [0.2, 0.25) is 0 Å². The normalized spacial score (nSPS) is 19.3. The van der Waals surface area contributed by atoms with Crippen LogP contribution >= 0.6 is 0 Å². The van der Waals surface area contributed by atoms with Crippen molar-refractivity contribution in [1.29, 1.82) is 0 Å². The van der Waals surface area contributed by atoms with Crippen molar-refractivity contribution in [2.45, 2.75) is 51.7 Å². The Morgan fingerprint density at radius 2 is 2.27 bits per heavy atom. The summed E-state index contributed by atoms with van der Waals surface area (Å²) in [5, 5.41) is 9.04. The molecule has 1 unspecified atom stereocenters. The van der Waals surface area contributed by atoms with Gasteiger partial charge in [0.15, 0.2) is 0 Å². The van der Waals surface area contributed by atoms with E-state index in [1.54, 1.807) is 0 Å². The quantitative estimate of drug-likeness (QED) is 0.892. The number of nitrogens with zero attached hydrogens (tertiary/aromatic N) is 3. The highest BCUT2D eigenvalue weighted by Gasteiger charge is 2.25. The molecule has 0 aliphatic carbocycles. The molecule has 0 radical (unpaired) electrons. The Hall–Kier alpha value is -1.46. The number of hydrogen-bond donors (Lipinski definition) is 1. The maximum Gasteiger partial charge on any atom is 0.125 e. The fourth-order valence-electron chi connectivity index (χ4n) is 3.57. The summed E-state index contributed by atoms with van der Waals surface area (Å²) in [4.78, 5) is 7.11. The molecule has 0 amide bonds. The summed E-state index contributed by atoms with van der Waals surface area (Å²) in [5.41, 5.74) is 1.74. The van der Waals surface area contributed by atoms with Crippen LogP contribution in [0.5, 0.6) is 0 Å². The number of fused-ring (bicyclic) bond motifs is 1. The van der Waals surface area contributed by atoms with Gasteiger partial charge in [-0.05, 0) is 51.3 Å². The lowest BCUT2D eigenvalue weighted by atomic mass is 10.1. The second-order valence-electron chi connectivity index (χ2n) is 6.04. The minimum Gasteiger partial charge on any atom is -0.396 e. The number of aliphatic hydroxyl groups excluding tert-OH is 1. The van der Waals surface area contributed by atoms with E-state index in [4.69, 9.17) is 5.11 Å². The van der Waals surface area contributed by atoms with Crippen molar-refractivity contribution in [1.82, 2.24) is 14.5 Å². The molecule has 22 heavy (non-hydrogen) atoms. The zero-order valence-electron chi connectivity index (χ0n) is 13.1. The van der Waals surface area contributed by atoms with Gasteiger partial charge in [-0.2, -0.15) is 0 Å².